The SMILES string of the molecule is Cn1ccnc1CCOc1nc(N2CC3N[C@H](C[C@H]3O)C2)c2cnc(-c3cccc4cccc(Cl)c34)c(F)c2n1. The lowest BCUT2D eigenvalue weighted by molar-refractivity contribution is 0.163. The number of fused-ring (bicyclic) bond motifs is 4. The van der Waals surface area contributed by atoms with Gasteiger partial charge in [0.15, 0.2) is 5.82 Å². The van der Waals surface area contributed by atoms with E-state index in [2.05, 4.69) is 25.2 Å². The summed E-state index contributed by atoms with van der Waals surface area (Å²) in [6, 6.07) is 11.3. The Bertz CT molecular complexity index is 1740. The fourth-order valence-corrected chi connectivity index (χ4v) is 6.15. The number of pyridine rings is 1. The van der Waals surface area contributed by atoms with Crippen LogP contribution in [-0.2, 0) is 13.5 Å². The lowest BCUT2D eigenvalue weighted by Crippen LogP contribution is -2.53. The molecule has 0 radical (unpaired) electrons. The highest BCUT2D eigenvalue weighted by Gasteiger charge is 2.40. The number of imidazole rings is 1. The standard InChI is InChI=1S/C29H27ClFN7O2/c1-37-10-9-32-23(37)8-11-40-29-35-27-19(28(36-29)38-14-17-12-22(39)21(15-38)34-17)13-33-26(25(27)31)18-6-2-4-16-5-3-7-20(30)24(16)18/h2-7,9-10,13,17,21-22,34,39H,8,11-12,14-15H2,1H3/t17-,21?,22-/m1/s1. The third kappa shape index (κ3) is 4.32. The molecule has 0 amide bonds. The van der Waals surface area contributed by atoms with E-state index in [0.717, 1.165) is 16.6 Å². The normalized spacial score (nSPS) is 20.5. The van der Waals surface area contributed by atoms with E-state index < -0.39 is 11.9 Å². The van der Waals surface area contributed by atoms with E-state index in [1.165, 1.54) is 0 Å². The Labute approximate surface area is 234 Å². The van der Waals surface area contributed by atoms with Crippen molar-refractivity contribution < 1.29 is 14.2 Å². The Morgan fingerprint density at radius 3 is 2.80 bits per heavy atom. The van der Waals surface area contributed by atoms with Gasteiger partial charge in [0, 0.05) is 67.2 Å². The molecule has 7 rings (SSSR count). The first-order chi connectivity index (χ1) is 19.5. The summed E-state index contributed by atoms with van der Waals surface area (Å²) in [5, 5.41) is 16.5. The quantitative estimate of drug-likeness (QED) is 0.323. The Hall–Kier alpha value is -3.86. The molecular weight excluding hydrogens is 533 g/mol. The minimum atomic E-state index is -0.569. The monoisotopic (exact) mass is 559 g/mol. The number of hydrogen-bond acceptors (Lipinski definition) is 8. The van der Waals surface area contributed by atoms with Gasteiger partial charge in [-0.05, 0) is 17.9 Å². The van der Waals surface area contributed by atoms with Gasteiger partial charge in [0.05, 0.1) is 24.1 Å². The molecule has 1 unspecified atom stereocenters. The zero-order chi connectivity index (χ0) is 27.4. The molecule has 3 atom stereocenters. The Balaban J connectivity index is 1.33. The molecule has 204 valence electrons. The van der Waals surface area contributed by atoms with Gasteiger partial charge in [-0.3, -0.25) is 4.98 Å². The number of nitrogens with zero attached hydrogens (tertiary/aromatic N) is 6. The number of hydrogen-bond donors (Lipinski definition) is 2. The molecule has 9 nitrogen and oxygen atoms in total. The molecule has 2 N–H and O–H groups in total. The van der Waals surface area contributed by atoms with Gasteiger partial charge in [0.2, 0.25) is 0 Å². The van der Waals surface area contributed by atoms with Crippen LogP contribution in [0.5, 0.6) is 6.01 Å². The van der Waals surface area contributed by atoms with Crippen LogP contribution in [0.1, 0.15) is 12.2 Å². The second kappa shape index (κ2) is 9.96. The van der Waals surface area contributed by atoms with Gasteiger partial charge in [0.1, 0.15) is 22.9 Å². The molecule has 2 aromatic carbocycles. The third-order valence-electron chi connectivity index (χ3n) is 7.83. The molecule has 3 aromatic heterocycles. The van der Waals surface area contributed by atoms with Crippen LogP contribution in [0, 0.1) is 5.82 Å². The van der Waals surface area contributed by atoms with Crippen molar-refractivity contribution in [1.82, 2.24) is 29.8 Å². The van der Waals surface area contributed by atoms with Crippen molar-refractivity contribution in [2.24, 2.45) is 7.05 Å². The molecule has 2 fully saturated rings. The summed E-state index contributed by atoms with van der Waals surface area (Å²) in [4.78, 5) is 20.2. The average Bonchev–Trinajstić information content (AvgIpc) is 3.48. The van der Waals surface area contributed by atoms with Crippen molar-refractivity contribution >= 4 is 39.1 Å². The number of anilines is 1. The molecule has 2 aliphatic heterocycles. The van der Waals surface area contributed by atoms with Crippen LogP contribution in [0.15, 0.2) is 55.0 Å². The number of nitrogens with one attached hydrogen (secondary N) is 1. The van der Waals surface area contributed by atoms with Crippen LogP contribution >= 0.6 is 11.6 Å². The molecule has 2 aliphatic rings. The van der Waals surface area contributed by atoms with Crippen LogP contribution < -0.4 is 15.0 Å². The van der Waals surface area contributed by atoms with E-state index in [1.54, 1.807) is 18.5 Å². The molecule has 5 heterocycles. The predicted molar refractivity (Wildman–Crippen MR) is 151 cm³/mol. The summed E-state index contributed by atoms with van der Waals surface area (Å²) < 4.78 is 24.3. The second-order valence-electron chi connectivity index (χ2n) is 10.4. The fourth-order valence-electron chi connectivity index (χ4n) is 5.87. The fraction of sp³-hybridized carbons (Fsp3) is 0.310. The number of benzene rings is 2. The molecule has 2 bridgehead atoms. The van der Waals surface area contributed by atoms with Crippen LogP contribution in [0.4, 0.5) is 10.2 Å². The highest BCUT2D eigenvalue weighted by atomic mass is 35.5. The number of halogens is 2. The lowest BCUT2D eigenvalue weighted by atomic mass is 10.0. The van der Waals surface area contributed by atoms with Gasteiger partial charge in [-0.25, -0.2) is 9.37 Å². The first kappa shape index (κ1) is 25.1. The number of rotatable bonds is 6. The van der Waals surface area contributed by atoms with Gasteiger partial charge in [-0.15, -0.1) is 0 Å². The van der Waals surface area contributed by atoms with Crippen LogP contribution in [0.25, 0.3) is 32.9 Å². The summed E-state index contributed by atoms with van der Waals surface area (Å²) >= 11 is 6.55. The van der Waals surface area contributed by atoms with E-state index in [9.17, 15) is 5.11 Å². The topological polar surface area (TPSA) is 101 Å². The largest absolute Gasteiger partial charge is 0.463 e. The van der Waals surface area contributed by atoms with E-state index in [4.69, 9.17) is 21.3 Å². The number of piperazine rings is 1. The van der Waals surface area contributed by atoms with Crippen molar-refractivity contribution in [2.45, 2.75) is 31.0 Å². The Kier molecular flexibility index (Phi) is 6.25. The maximum Gasteiger partial charge on any atom is 0.319 e. The molecule has 0 saturated carbocycles. The van der Waals surface area contributed by atoms with Gasteiger partial charge in [0.25, 0.3) is 0 Å². The summed E-state index contributed by atoms with van der Waals surface area (Å²) in [5.74, 6) is 0.830. The van der Waals surface area contributed by atoms with Gasteiger partial charge >= 0.3 is 6.01 Å². The van der Waals surface area contributed by atoms with Crippen LogP contribution in [0.2, 0.25) is 5.02 Å². The number of aliphatic hydroxyl groups is 1. The Morgan fingerprint density at radius 1 is 1.15 bits per heavy atom. The van der Waals surface area contributed by atoms with E-state index >= 15 is 4.39 Å². The Morgan fingerprint density at radius 2 is 2.00 bits per heavy atom. The molecule has 0 spiro atoms. The minimum Gasteiger partial charge on any atom is -0.463 e. The van der Waals surface area contributed by atoms with Gasteiger partial charge < -0.3 is 24.6 Å². The van der Waals surface area contributed by atoms with Gasteiger partial charge in [-0.2, -0.15) is 9.97 Å². The molecule has 5 aromatic rings. The number of ether oxygens (including phenoxy) is 1. The number of aliphatic hydroxyl groups excluding tert-OH is 1. The van der Waals surface area contributed by atoms with Crippen LogP contribution in [0.3, 0.4) is 0 Å². The molecule has 40 heavy (non-hydrogen) atoms. The summed E-state index contributed by atoms with van der Waals surface area (Å²) in [6.07, 6.45) is 6.00. The second-order valence-corrected chi connectivity index (χ2v) is 10.8. The van der Waals surface area contributed by atoms with E-state index in [0.29, 0.717) is 47.7 Å². The van der Waals surface area contributed by atoms with Crippen LogP contribution in [-0.4, -0.2) is 67.5 Å². The summed E-state index contributed by atoms with van der Waals surface area (Å²) in [7, 11) is 1.92. The first-order valence-electron chi connectivity index (χ1n) is 13.3. The highest BCUT2D eigenvalue weighted by Crippen LogP contribution is 2.38. The maximum atomic E-state index is 16.4. The molecular formula is C29H27ClFN7O2. The number of aromatic nitrogens is 5. The van der Waals surface area contributed by atoms with Crippen molar-refractivity contribution in [2.75, 3.05) is 24.6 Å². The zero-order valence-electron chi connectivity index (χ0n) is 21.8. The zero-order valence-corrected chi connectivity index (χ0v) is 22.5. The van der Waals surface area contributed by atoms with E-state index in [-0.39, 0.29) is 35.9 Å². The van der Waals surface area contributed by atoms with Crippen molar-refractivity contribution in [1.29, 1.82) is 0 Å². The highest BCUT2D eigenvalue weighted by molar-refractivity contribution is 6.36. The predicted octanol–water partition coefficient (Wildman–Crippen LogP) is 3.90. The third-order valence-corrected chi connectivity index (χ3v) is 8.14. The summed E-state index contributed by atoms with van der Waals surface area (Å²) in [6.45, 7) is 1.42. The van der Waals surface area contributed by atoms with Gasteiger partial charge in [-0.1, -0.05) is 41.9 Å². The van der Waals surface area contributed by atoms with E-state index in [1.807, 2.05) is 48.1 Å². The lowest BCUT2D eigenvalue weighted by Gasteiger charge is -2.34. The molecule has 0 aliphatic carbocycles. The van der Waals surface area contributed by atoms with Crippen molar-refractivity contribution in [3.63, 3.8) is 0 Å². The average molecular weight is 560 g/mol. The number of aryl methyl sites for hydroxylation is 1. The van der Waals surface area contributed by atoms with Crippen molar-refractivity contribution in [3.05, 3.63) is 71.7 Å². The van der Waals surface area contributed by atoms with Crippen molar-refractivity contribution in [3.8, 4) is 17.3 Å². The smallest absolute Gasteiger partial charge is 0.319 e. The summed E-state index contributed by atoms with van der Waals surface area (Å²) in [5.41, 5.74) is 0.867. The maximum absolute atomic E-state index is 16.4. The first-order valence-corrected chi connectivity index (χ1v) is 13.7. The molecule has 11 heteroatoms. The minimum absolute atomic E-state index is 0.0788. The molecule has 2 saturated heterocycles.